The Bertz CT molecular complexity index is 571. The van der Waals surface area contributed by atoms with Gasteiger partial charge in [0.05, 0.1) is 0 Å². The first-order valence-electron chi connectivity index (χ1n) is 10.4. The Morgan fingerprint density at radius 3 is 2.19 bits per heavy atom. The van der Waals surface area contributed by atoms with E-state index in [1.54, 1.807) is 11.8 Å². The molecule has 1 N–H and O–H groups in total. The molecule has 1 spiro atoms. The normalized spacial score (nSPS) is 36.0. The van der Waals surface area contributed by atoms with E-state index in [0.29, 0.717) is 30.6 Å². The maximum Gasteiger partial charge on any atom is 0.407 e. The van der Waals surface area contributed by atoms with Crippen LogP contribution in [0.1, 0.15) is 58.8 Å². The third-order valence-corrected chi connectivity index (χ3v) is 8.01. The number of likely N-dealkylation sites (tertiary alicyclic amines) is 2. The number of carboxylic acid groups (broad SMARTS) is 1. The molecule has 0 bridgehead atoms. The van der Waals surface area contributed by atoms with Gasteiger partial charge in [-0.1, -0.05) is 6.92 Å². The van der Waals surface area contributed by atoms with Crippen LogP contribution in [0.3, 0.4) is 0 Å². The van der Waals surface area contributed by atoms with Crippen molar-refractivity contribution >= 4 is 12.0 Å². The summed E-state index contributed by atoms with van der Waals surface area (Å²) in [5.41, 5.74) is 0.219. The van der Waals surface area contributed by atoms with Gasteiger partial charge in [-0.25, -0.2) is 4.79 Å². The van der Waals surface area contributed by atoms with Gasteiger partial charge in [0.2, 0.25) is 5.91 Å². The molecule has 0 aromatic carbocycles. The van der Waals surface area contributed by atoms with Gasteiger partial charge in [0, 0.05) is 51.2 Å². The molecular formula is C20H33N3O3. The zero-order valence-electron chi connectivity index (χ0n) is 16.2. The van der Waals surface area contributed by atoms with E-state index in [2.05, 4.69) is 16.7 Å². The maximum absolute atomic E-state index is 12.1. The number of amides is 2. The summed E-state index contributed by atoms with van der Waals surface area (Å²) in [7, 11) is 0. The molecular weight excluding hydrogens is 330 g/mol. The predicted molar refractivity (Wildman–Crippen MR) is 99.0 cm³/mol. The Hall–Kier alpha value is -1.30. The number of piperidine rings is 1. The molecule has 4 fully saturated rings. The molecule has 2 saturated heterocycles. The molecule has 2 heterocycles. The fourth-order valence-corrected chi connectivity index (χ4v) is 6.04. The van der Waals surface area contributed by atoms with Crippen LogP contribution >= 0.6 is 0 Å². The summed E-state index contributed by atoms with van der Waals surface area (Å²) >= 11 is 0. The van der Waals surface area contributed by atoms with E-state index < -0.39 is 6.09 Å². The molecule has 26 heavy (non-hydrogen) atoms. The van der Waals surface area contributed by atoms with E-state index in [4.69, 9.17) is 0 Å². The molecule has 0 aromatic heterocycles. The van der Waals surface area contributed by atoms with Crippen LogP contribution in [0.15, 0.2) is 0 Å². The van der Waals surface area contributed by atoms with Crippen LogP contribution < -0.4 is 0 Å². The fourth-order valence-electron chi connectivity index (χ4n) is 6.04. The van der Waals surface area contributed by atoms with Crippen molar-refractivity contribution in [2.24, 2.45) is 11.3 Å². The molecule has 4 rings (SSSR count). The van der Waals surface area contributed by atoms with Crippen LogP contribution in [-0.2, 0) is 4.79 Å². The second-order valence-corrected chi connectivity index (χ2v) is 9.15. The highest BCUT2D eigenvalue weighted by Gasteiger charge is 2.56. The molecule has 3 unspecified atom stereocenters. The van der Waals surface area contributed by atoms with Crippen molar-refractivity contribution in [1.29, 1.82) is 0 Å². The van der Waals surface area contributed by atoms with Crippen molar-refractivity contribution in [3.63, 3.8) is 0 Å². The number of rotatable bonds is 3. The first-order valence-corrected chi connectivity index (χ1v) is 10.4. The summed E-state index contributed by atoms with van der Waals surface area (Å²) in [6, 6.07) is 1.52. The first-order chi connectivity index (χ1) is 12.4. The summed E-state index contributed by atoms with van der Waals surface area (Å²) in [5, 5.41) is 9.25. The van der Waals surface area contributed by atoms with Crippen molar-refractivity contribution in [2.45, 2.75) is 76.9 Å². The smallest absolute Gasteiger partial charge is 0.407 e. The van der Waals surface area contributed by atoms with E-state index in [-0.39, 0.29) is 11.3 Å². The molecule has 0 aromatic rings. The lowest BCUT2D eigenvalue weighted by Crippen LogP contribution is -2.62. The van der Waals surface area contributed by atoms with Crippen molar-refractivity contribution < 1.29 is 14.7 Å². The predicted octanol–water partition coefficient (Wildman–Crippen LogP) is 2.63. The van der Waals surface area contributed by atoms with Crippen LogP contribution in [0, 0.1) is 11.3 Å². The average Bonchev–Trinajstić information content (AvgIpc) is 3.03. The van der Waals surface area contributed by atoms with Crippen molar-refractivity contribution in [3.05, 3.63) is 0 Å². The monoisotopic (exact) mass is 363 g/mol. The Balaban J connectivity index is 1.31. The molecule has 2 aliphatic heterocycles. The molecule has 3 atom stereocenters. The Labute approximate surface area is 156 Å². The topological polar surface area (TPSA) is 64.1 Å². The quantitative estimate of drug-likeness (QED) is 0.837. The summed E-state index contributed by atoms with van der Waals surface area (Å²) < 4.78 is 0. The molecule has 2 aliphatic carbocycles. The minimum atomic E-state index is -0.765. The summed E-state index contributed by atoms with van der Waals surface area (Å²) in [5.74, 6) is 0.822. The molecule has 4 aliphatic rings. The minimum Gasteiger partial charge on any atom is -0.465 e. The Kier molecular flexibility index (Phi) is 4.66. The van der Waals surface area contributed by atoms with Gasteiger partial charge in [0.25, 0.3) is 0 Å². The van der Waals surface area contributed by atoms with E-state index in [0.717, 1.165) is 45.3 Å². The highest BCUT2D eigenvalue weighted by molar-refractivity contribution is 5.74. The van der Waals surface area contributed by atoms with Crippen molar-refractivity contribution in [3.8, 4) is 0 Å². The second kappa shape index (κ2) is 6.70. The fraction of sp³-hybridized carbons (Fsp3) is 0.900. The summed E-state index contributed by atoms with van der Waals surface area (Å²) in [4.78, 5) is 29.8. The number of hydrogen-bond donors (Lipinski definition) is 1. The van der Waals surface area contributed by atoms with Gasteiger partial charge in [-0.15, -0.1) is 0 Å². The lowest BCUT2D eigenvalue weighted by atomic mass is 9.56. The third-order valence-electron chi connectivity index (χ3n) is 8.01. The molecule has 2 amide bonds. The van der Waals surface area contributed by atoms with Crippen LogP contribution in [0.25, 0.3) is 0 Å². The van der Waals surface area contributed by atoms with E-state index in [1.165, 1.54) is 19.3 Å². The second-order valence-electron chi connectivity index (χ2n) is 9.15. The maximum atomic E-state index is 12.1. The van der Waals surface area contributed by atoms with Gasteiger partial charge in [-0.2, -0.15) is 0 Å². The van der Waals surface area contributed by atoms with Gasteiger partial charge >= 0.3 is 6.09 Å². The third kappa shape index (κ3) is 2.90. The first kappa shape index (κ1) is 18.1. The highest BCUT2D eigenvalue weighted by atomic mass is 16.4. The van der Waals surface area contributed by atoms with Gasteiger partial charge < -0.3 is 14.9 Å². The summed E-state index contributed by atoms with van der Waals surface area (Å²) in [6.45, 7) is 7.63. The van der Waals surface area contributed by atoms with Gasteiger partial charge in [-0.05, 0) is 56.3 Å². The number of carbonyl (C=O) groups excluding carboxylic acids is 1. The Morgan fingerprint density at radius 2 is 1.73 bits per heavy atom. The van der Waals surface area contributed by atoms with Crippen LogP contribution in [0.4, 0.5) is 4.79 Å². The molecule has 146 valence electrons. The zero-order valence-corrected chi connectivity index (χ0v) is 16.2. The highest BCUT2D eigenvalue weighted by Crippen LogP contribution is 2.54. The standard InChI is InChI=1S/C20H33N3O3/c1-14-18(12-20(14)8-11-22(13-20)19(25)26)21-9-6-17(7-10-21)23(15(2)24)16-4-3-5-16/h14,16-18H,3-13H2,1-2H3,(H,25,26). The Morgan fingerprint density at radius 1 is 1.08 bits per heavy atom. The number of carbonyl (C=O) groups is 2. The molecule has 0 radical (unpaired) electrons. The zero-order chi connectivity index (χ0) is 18.5. The van der Waals surface area contributed by atoms with E-state index >= 15 is 0 Å². The van der Waals surface area contributed by atoms with Gasteiger partial charge in [0.15, 0.2) is 0 Å². The molecule has 6 nitrogen and oxygen atoms in total. The summed E-state index contributed by atoms with van der Waals surface area (Å²) in [6.07, 6.45) is 7.21. The van der Waals surface area contributed by atoms with Crippen molar-refractivity contribution in [1.82, 2.24) is 14.7 Å². The van der Waals surface area contributed by atoms with E-state index in [9.17, 15) is 14.7 Å². The van der Waals surface area contributed by atoms with Gasteiger partial charge in [0.1, 0.15) is 0 Å². The average molecular weight is 364 g/mol. The van der Waals surface area contributed by atoms with Crippen LogP contribution in [-0.4, -0.2) is 76.1 Å². The molecule has 6 heteroatoms. The number of hydrogen-bond acceptors (Lipinski definition) is 3. The lowest BCUT2D eigenvalue weighted by molar-refractivity contribution is -0.138. The number of nitrogens with zero attached hydrogens (tertiary/aromatic N) is 3. The lowest BCUT2D eigenvalue weighted by Gasteiger charge is -2.57. The van der Waals surface area contributed by atoms with Crippen molar-refractivity contribution in [2.75, 3.05) is 26.2 Å². The SMILES string of the molecule is CC(=O)N(C1CCC1)C1CCN(C2CC3(CCN(C(=O)O)C3)C2C)CC1. The molecule has 2 saturated carbocycles. The van der Waals surface area contributed by atoms with Gasteiger partial charge in [-0.3, -0.25) is 9.69 Å². The van der Waals surface area contributed by atoms with Crippen LogP contribution in [0.2, 0.25) is 0 Å². The van der Waals surface area contributed by atoms with E-state index in [1.807, 2.05) is 0 Å². The minimum absolute atomic E-state index is 0.219. The largest absolute Gasteiger partial charge is 0.465 e. The van der Waals surface area contributed by atoms with Crippen LogP contribution in [0.5, 0.6) is 0 Å².